The molecule has 3 aromatic rings. The molecule has 2 N–H and O–H groups in total. The maximum Gasteiger partial charge on any atom is 0.241 e. The van der Waals surface area contributed by atoms with Gasteiger partial charge in [0, 0.05) is 18.5 Å². The lowest BCUT2D eigenvalue weighted by Crippen LogP contribution is -2.27. The second-order valence-electron chi connectivity index (χ2n) is 6.49. The molecule has 8 heteroatoms. The number of benzene rings is 2. The minimum atomic E-state index is -3.61. The van der Waals surface area contributed by atoms with E-state index in [0.717, 1.165) is 16.7 Å². The van der Waals surface area contributed by atoms with Gasteiger partial charge in [-0.3, -0.25) is 5.10 Å². The van der Waals surface area contributed by atoms with E-state index in [1.807, 2.05) is 19.1 Å². The Morgan fingerprint density at radius 1 is 1.07 bits per heavy atom. The van der Waals surface area contributed by atoms with Gasteiger partial charge in [0.1, 0.15) is 11.6 Å². The predicted octanol–water partition coefficient (Wildman–Crippen LogP) is 3.06. The van der Waals surface area contributed by atoms with E-state index in [9.17, 15) is 12.8 Å². The van der Waals surface area contributed by atoms with Crippen LogP contribution in [0.25, 0.3) is 11.4 Å². The minimum Gasteiger partial charge on any atom is -0.263 e. The summed E-state index contributed by atoms with van der Waals surface area (Å²) in [5.74, 6) is 0.665. The number of H-pyrrole nitrogens is 1. The standard InChI is InChI=1S/C19H21FN4O2S/c1-12-10-13(2)18(14(3)11-12)27(25,26)21-9-8-17-22-19(24-23-17)15-4-6-16(20)7-5-15/h4-7,10-11,21H,8-9H2,1-3H3,(H,22,23,24). The van der Waals surface area contributed by atoms with E-state index in [2.05, 4.69) is 19.9 Å². The molecule has 142 valence electrons. The number of halogens is 1. The number of aromatic amines is 1. The van der Waals surface area contributed by atoms with Crippen molar-refractivity contribution in [3.63, 3.8) is 0 Å². The Bertz CT molecular complexity index is 1040. The maximum atomic E-state index is 13.0. The molecule has 27 heavy (non-hydrogen) atoms. The average Bonchev–Trinajstić information content (AvgIpc) is 3.03. The van der Waals surface area contributed by atoms with Crippen LogP contribution in [0, 0.1) is 26.6 Å². The van der Waals surface area contributed by atoms with E-state index >= 15 is 0 Å². The summed E-state index contributed by atoms with van der Waals surface area (Å²) >= 11 is 0. The second kappa shape index (κ2) is 7.58. The Morgan fingerprint density at radius 2 is 1.70 bits per heavy atom. The number of hydrogen-bond donors (Lipinski definition) is 2. The highest BCUT2D eigenvalue weighted by Crippen LogP contribution is 2.21. The number of rotatable bonds is 6. The van der Waals surface area contributed by atoms with E-state index < -0.39 is 10.0 Å². The highest BCUT2D eigenvalue weighted by atomic mass is 32.2. The summed E-state index contributed by atoms with van der Waals surface area (Å²) in [6.07, 6.45) is 0.359. The van der Waals surface area contributed by atoms with Gasteiger partial charge in [-0.25, -0.2) is 22.5 Å². The van der Waals surface area contributed by atoms with Gasteiger partial charge < -0.3 is 0 Å². The lowest BCUT2D eigenvalue weighted by atomic mass is 10.1. The fourth-order valence-electron chi connectivity index (χ4n) is 3.10. The fourth-order valence-corrected chi connectivity index (χ4v) is 4.58. The molecular weight excluding hydrogens is 367 g/mol. The Morgan fingerprint density at radius 3 is 2.33 bits per heavy atom. The van der Waals surface area contributed by atoms with Gasteiger partial charge in [-0.1, -0.05) is 17.7 Å². The third kappa shape index (κ3) is 4.40. The topological polar surface area (TPSA) is 87.7 Å². The van der Waals surface area contributed by atoms with Crippen LogP contribution in [-0.4, -0.2) is 30.1 Å². The summed E-state index contributed by atoms with van der Waals surface area (Å²) in [6.45, 7) is 5.71. The normalized spacial score (nSPS) is 11.7. The molecule has 0 fully saturated rings. The van der Waals surface area contributed by atoms with Crippen LogP contribution < -0.4 is 4.72 Å². The van der Waals surface area contributed by atoms with Gasteiger partial charge in [0.05, 0.1) is 4.90 Å². The zero-order chi connectivity index (χ0) is 19.6. The molecule has 2 aromatic carbocycles. The number of aryl methyl sites for hydroxylation is 3. The molecule has 0 aliphatic carbocycles. The zero-order valence-electron chi connectivity index (χ0n) is 15.4. The second-order valence-corrected chi connectivity index (χ2v) is 8.19. The SMILES string of the molecule is Cc1cc(C)c(S(=O)(=O)NCCc2nc(-c3ccc(F)cc3)n[nH]2)c(C)c1. The van der Waals surface area contributed by atoms with Crippen LogP contribution in [-0.2, 0) is 16.4 Å². The molecule has 1 heterocycles. The first kappa shape index (κ1) is 19.2. The maximum absolute atomic E-state index is 13.0. The number of aromatic nitrogens is 3. The molecule has 0 radical (unpaired) electrons. The van der Waals surface area contributed by atoms with Gasteiger partial charge in [0.15, 0.2) is 5.82 Å². The van der Waals surface area contributed by atoms with Crippen molar-refractivity contribution in [2.24, 2.45) is 0 Å². The predicted molar refractivity (Wildman–Crippen MR) is 101 cm³/mol. The van der Waals surface area contributed by atoms with Crippen molar-refractivity contribution in [2.75, 3.05) is 6.54 Å². The van der Waals surface area contributed by atoms with Crippen molar-refractivity contribution in [3.05, 3.63) is 64.7 Å². The number of nitrogens with zero attached hydrogens (tertiary/aromatic N) is 2. The molecule has 0 aliphatic rings. The number of nitrogens with one attached hydrogen (secondary N) is 2. The lowest BCUT2D eigenvalue weighted by molar-refractivity contribution is 0.579. The summed E-state index contributed by atoms with van der Waals surface area (Å²) in [6, 6.07) is 9.57. The van der Waals surface area contributed by atoms with Gasteiger partial charge in [0.25, 0.3) is 0 Å². The van der Waals surface area contributed by atoms with Crippen molar-refractivity contribution in [1.29, 1.82) is 0 Å². The number of sulfonamides is 1. The molecule has 0 unspecified atom stereocenters. The van der Waals surface area contributed by atoms with Crippen LogP contribution in [0.15, 0.2) is 41.3 Å². The van der Waals surface area contributed by atoms with E-state index in [-0.39, 0.29) is 12.4 Å². The smallest absolute Gasteiger partial charge is 0.241 e. The lowest BCUT2D eigenvalue weighted by Gasteiger charge is -2.12. The van der Waals surface area contributed by atoms with Crippen LogP contribution >= 0.6 is 0 Å². The molecule has 0 aliphatic heterocycles. The highest BCUT2D eigenvalue weighted by molar-refractivity contribution is 7.89. The van der Waals surface area contributed by atoms with E-state index in [1.165, 1.54) is 12.1 Å². The molecule has 0 atom stereocenters. The summed E-state index contributed by atoms with van der Waals surface area (Å²) in [5.41, 5.74) is 3.15. The van der Waals surface area contributed by atoms with Gasteiger partial charge >= 0.3 is 0 Å². The van der Waals surface area contributed by atoms with E-state index in [1.54, 1.807) is 26.0 Å². The fraction of sp³-hybridized carbons (Fsp3) is 0.263. The van der Waals surface area contributed by atoms with Gasteiger partial charge in [-0.15, -0.1) is 0 Å². The quantitative estimate of drug-likeness (QED) is 0.679. The van der Waals surface area contributed by atoms with Crippen molar-refractivity contribution < 1.29 is 12.8 Å². The first-order chi connectivity index (χ1) is 12.8. The zero-order valence-corrected chi connectivity index (χ0v) is 16.2. The van der Waals surface area contributed by atoms with Crippen LogP contribution in [0.3, 0.4) is 0 Å². The van der Waals surface area contributed by atoms with Crippen LogP contribution in [0.2, 0.25) is 0 Å². The Hall–Kier alpha value is -2.58. The third-order valence-electron chi connectivity index (χ3n) is 4.16. The van der Waals surface area contributed by atoms with Crippen LogP contribution in [0.5, 0.6) is 0 Å². The Kier molecular flexibility index (Phi) is 5.38. The van der Waals surface area contributed by atoms with Crippen molar-refractivity contribution >= 4 is 10.0 Å². The van der Waals surface area contributed by atoms with Crippen molar-refractivity contribution in [2.45, 2.75) is 32.1 Å². The minimum absolute atomic E-state index is 0.188. The third-order valence-corrected chi connectivity index (χ3v) is 5.93. The van der Waals surface area contributed by atoms with Crippen molar-refractivity contribution in [1.82, 2.24) is 19.9 Å². The van der Waals surface area contributed by atoms with Gasteiger partial charge in [0.2, 0.25) is 10.0 Å². The highest BCUT2D eigenvalue weighted by Gasteiger charge is 2.19. The van der Waals surface area contributed by atoms with Crippen LogP contribution in [0.1, 0.15) is 22.5 Å². The molecule has 0 bridgehead atoms. The van der Waals surface area contributed by atoms with E-state index in [0.29, 0.717) is 28.5 Å². The summed E-state index contributed by atoms with van der Waals surface area (Å²) in [7, 11) is -3.61. The first-order valence-corrected chi connectivity index (χ1v) is 9.99. The number of hydrogen-bond acceptors (Lipinski definition) is 4. The molecule has 0 saturated heterocycles. The van der Waals surface area contributed by atoms with E-state index in [4.69, 9.17) is 0 Å². The van der Waals surface area contributed by atoms with Gasteiger partial charge in [-0.05, 0) is 56.2 Å². The van der Waals surface area contributed by atoms with Crippen LogP contribution in [0.4, 0.5) is 4.39 Å². The molecule has 0 spiro atoms. The van der Waals surface area contributed by atoms with Crippen molar-refractivity contribution in [3.8, 4) is 11.4 Å². The molecule has 0 saturated carbocycles. The summed E-state index contributed by atoms with van der Waals surface area (Å²) in [4.78, 5) is 4.64. The first-order valence-electron chi connectivity index (χ1n) is 8.51. The molecule has 3 rings (SSSR count). The molecular formula is C19H21FN4O2S. The molecule has 0 amide bonds. The summed E-state index contributed by atoms with van der Waals surface area (Å²) < 4.78 is 40.9. The molecule has 6 nitrogen and oxygen atoms in total. The average molecular weight is 388 g/mol. The summed E-state index contributed by atoms with van der Waals surface area (Å²) in [5, 5.41) is 6.88. The van der Waals surface area contributed by atoms with Gasteiger partial charge in [-0.2, -0.15) is 5.10 Å². The Balaban J connectivity index is 1.67. The Labute approximate surface area is 157 Å². The monoisotopic (exact) mass is 388 g/mol. The molecule has 1 aromatic heterocycles. The largest absolute Gasteiger partial charge is 0.263 e.